The van der Waals surface area contributed by atoms with Gasteiger partial charge in [0.25, 0.3) is 0 Å². The number of rotatable bonds is 6. The molecule has 0 saturated carbocycles. The Morgan fingerprint density at radius 2 is 1.88 bits per heavy atom. The Kier molecular flexibility index (Phi) is 6.51. The molecule has 1 aliphatic heterocycles. The third kappa shape index (κ3) is 5.03. The first-order valence-electron chi connectivity index (χ1n) is 11.1. The normalized spacial score (nSPS) is 17.4. The average molecular weight is 447 g/mol. The summed E-state index contributed by atoms with van der Waals surface area (Å²) in [6.45, 7) is 15.4. The Balaban J connectivity index is 2.26. The molecule has 0 aromatic carbocycles. The number of carbonyl (C=O) groups excluding carboxylic acids is 1. The zero-order valence-electron chi connectivity index (χ0n) is 20.1. The average Bonchev–Trinajstić information content (AvgIpc) is 3.09. The highest BCUT2D eigenvalue weighted by atomic mass is 16.6. The van der Waals surface area contributed by atoms with Crippen molar-refractivity contribution in [2.24, 2.45) is 5.41 Å². The number of hydrogen-bond donors (Lipinski definition) is 1. The van der Waals surface area contributed by atoms with Crippen molar-refractivity contribution < 1.29 is 24.2 Å². The third-order valence-corrected chi connectivity index (χ3v) is 5.67. The van der Waals surface area contributed by atoms with Crippen LogP contribution in [0.1, 0.15) is 82.2 Å². The summed E-state index contributed by atoms with van der Waals surface area (Å²) in [6, 6.07) is 1.44. The molecule has 3 heterocycles. The first-order chi connectivity index (χ1) is 14.8. The number of carbonyl (C=O) groups is 2. The van der Waals surface area contributed by atoms with Gasteiger partial charge in [0.1, 0.15) is 5.82 Å². The third-order valence-electron chi connectivity index (χ3n) is 5.67. The van der Waals surface area contributed by atoms with Gasteiger partial charge >= 0.3 is 11.9 Å². The Bertz CT molecular complexity index is 1010. The Labute approximate surface area is 188 Å². The predicted molar refractivity (Wildman–Crippen MR) is 120 cm³/mol. The summed E-state index contributed by atoms with van der Waals surface area (Å²) in [5.41, 5.74) is 1.04. The van der Waals surface area contributed by atoms with E-state index in [1.165, 1.54) is 10.6 Å². The number of aryl methyl sites for hydroxylation is 1. The molecule has 2 aromatic heterocycles. The van der Waals surface area contributed by atoms with Crippen LogP contribution in [0.5, 0.6) is 0 Å². The van der Waals surface area contributed by atoms with Crippen LogP contribution in [0.15, 0.2) is 6.07 Å². The number of anilines is 1. The number of piperidine rings is 1. The monoisotopic (exact) mass is 446 g/mol. The van der Waals surface area contributed by atoms with Gasteiger partial charge in [0.2, 0.25) is 0 Å². The number of carboxylic acid groups (broad SMARTS) is 1. The van der Waals surface area contributed by atoms with Crippen LogP contribution in [0.3, 0.4) is 0 Å². The second-order valence-electron chi connectivity index (χ2n) is 10.1. The van der Waals surface area contributed by atoms with Gasteiger partial charge in [-0.05, 0) is 52.9 Å². The van der Waals surface area contributed by atoms with Gasteiger partial charge < -0.3 is 19.5 Å². The van der Waals surface area contributed by atoms with E-state index in [2.05, 4.69) is 28.8 Å². The minimum Gasteiger partial charge on any atom is -0.476 e. The second kappa shape index (κ2) is 8.69. The van der Waals surface area contributed by atoms with Gasteiger partial charge in [-0.2, -0.15) is 9.61 Å². The van der Waals surface area contributed by atoms with Crippen LogP contribution in [0.4, 0.5) is 5.82 Å². The van der Waals surface area contributed by atoms with Crippen LogP contribution < -0.4 is 4.90 Å². The predicted octanol–water partition coefficient (Wildman–Crippen LogP) is 3.78. The van der Waals surface area contributed by atoms with E-state index >= 15 is 0 Å². The summed E-state index contributed by atoms with van der Waals surface area (Å²) < 4.78 is 13.1. The molecule has 2 aromatic rings. The molecule has 0 aliphatic carbocycles. The van der Waals surface area contributed by atoms with Crippen LogP contribution in [-0.2, 0) is 14.3 Å². The van der Waals surface area contributed by atoms with Crippen LogP contribution in [0, 0.1) is 12.3 Å². The van der Waals surface area contributed by atoms with E-state index < -0.39 is 23.6 Å². The summed E-state index contributed by atoms with van der Waals surface area (Å²) in [7, 11) is 0. The Morgan fingerprint density at radius 1 is 1.25 bits per heavy atom. The molecule has 1 fully saturated rings. The highest BCUT2D eigenvalue weighted by molar-refractivity contribution is 5.87. The van der Waals surface area contributed by atoms with Crippen molar-refractivity contribution in [3.8, 4) is 0 Å². The lowest BCUT2D eigenvalue weighted by Gasteiger charge is -2.39. The molecule has 1 unspecified atom stereocenters. The lowest BCUT2D eigenvalue weighted by atomic mass is 9.82. The minimum absolute atomic E-state index is 0.0999. The molecule has 0 amide bonds. The minimum atomic E-state index is -1.13. The number of ether oxygens (including phenoxy) is 2. The molecule has 0 bridgehead atoms. The number of fused-ring (bicyclic) bond motifs is 1. The highest BCUT2D eigenvalue weighted by Gasteiger charge is 2.37. The van der Waals surface area contributed by atoms with E-state index in [0.717, 1.165) is 25.9 Å². The molecular weight excluding hydrogens is 412 g/mol. The van der Waals surface area contributed by atoms with Crippen molar-refractivity contribution in [3.05, 3.63) is 23.0 Å². The van der Waals surface area contributed by atoms with Crippen molar-refractivity contribution in [1.29, 1.82) is 0 Å². The lowest BCUT2D eigenvalue weighted by Crippen LogP contribution is -2.40. The van der Waals surface area contributed by atoms with Gasteiger partial charge in [0.05, 0.1) is 17.8 Å². The molecule has 176 valence electrons. The summed E-state index contributed by atoms with van der Waals surface area (Å²) in [5, 5.41) is 13.8. The second-order valence-corrected chi connectivity index (χ2v) is 10.1. The van der Waals surface area contributed by atoms with Crippen molar-refractivity contribution in [1.82, 2.24) is 14.6 Å². The Hall–Kier alpha value is -2.68. The van der Waals surface area contributed by atoms with Crippen molar-refractivity contribution >= 4 is 23.4 Å². The van der Waals surface area contributed by atoms with Gasteiger partial charge in [-0.3, -0.25) is 0 Å². The van der Waals surface area contributed by atoms with Crippen molar-refractivity contribution in [2.75, 3.05) is 24.6 Å². The number of aromatic nitrogens is 3. The fraction of sp³-hybridized carbons (Fsp3) is 0.652. The fourth-order valence-electron chi connectivity index (χ4n) is 3.95. The SMILES string of the molecule is CCOC(=O)C(OC(C)(C)C)c1c(C)nc2cc(C(=O)O)nn2c1N1CCC(C)(C)CC1. The standard InChI is InChI=1S/C23H34N4O5/c1-8-31-21(30)18(32-22(3,4)5)17-14(2)24-16-13-15(20(28)29)25-27(16)19(17)26-11-9-23(6,7)10-12-26/h13,18H,8-12H2,1-7H3,(H,28,29). The van der Waals surface area contributed by atoms with E-state index in [1.54, 1.807) is 13.8 Å². The smallest absolute Gasteiger partial charge is 0.356 e. The van der Waals surface area contributed by atoms with E-state index in [9.17, 15) is 14.7 Å². The van der Waals surface area contributed by atoms with E-state index in [-0.39, 0.29) is 17.7 Å². The Morgan fingerprint density at radius 3 is 2.41 bits per heavy atom. The zero-order chi connectivity index (χ0) is 23.8. The van der Waals surface area contributed by atoms with Gasteiger partial charge in [0.15, 0.2) is 17.4 Å². The molecular formula is C23H34N4O5. The van der Waals surface area contributed by atoms with Crippen molar-refractivity contribution in [3.63, 3.8) is 0 Å². The molecule has 1 aliphatic rings. The summed E-state index contributed by atoms with van der Waals surface area (Å²) in [4.78, 5) is 31.4. The maximum absolute atomic E-state index is 13.0. The first kappa shape index (κ1) is 24.0. The summed E-state index contributed by atoms with van der Waals surface area (Å²) in [5.74, 6) is -0.998. The van der Waals surface area contributed by atoms with Crippen LogP contribution in [0.2, 0.25) is 0 Å². The molecule has 9 nitrogen and oxygen atoms in total. The molecule has 3 rings (SSSR count). The quantitative estimate of drug-likeness (QED) is 0.668. The van der Waals surface area contributed by atoms with Crippen LogP contribution in [-0.4, -0.2) is 56.9 Å². The lowest BCUT2D eigenvalue weighted by molar-refractivity contribution is -0.166. The molecule has 0 spiro atoms. The summed E-state index contributed by atoms with van der Waals surface area (Å²) in [6.07, 6.45) is 0.883. The molecule has 32 heavy (non-hydrogen) atoms. The maximum atomic E-state index is 13.0. The van der Waals surface area contributed by atoms with E-state index in [4.69, 9.17) is 9.47 Å². The molecule has 1 N–H and O–H groups in total. The number of nitrogens with zero attached hydrogens (tertiary/aromatic N) is 4. The molecule has 1 saturated heterocycles. The van der Waals surface area contributed by atoms with E-state index in [1.807, 2.05) is 20.8 Å². The summed E-state index contributed by atoms with van der Waals surface area (Å²) >= 11 is 0. The fourth-order valence-corrected chi connectivity index (χ4v) is 3.95. The van der Waals surface area contributed by atoms with Crippen molar-refractivity contribution in [2.45, 2.75) is 73.0 Å². The molecule has 0 radical (unpaired) electrons. The van der Waals surface area contributed by atoms with Crippen LogP contribution in [0.25, 0.3) is 5.65 Å². The van der Waals surface area contributed by atoms with E-state index in [0.29, 0.717) is 22.7 Å². The van der Waals surface area contributed by atoms with Crippen LogP contribution >= 0.6 is 0 Å². The number of esters is 1. The topological polar surface area (TPSA) is 106 Å². The largest absolute Gasteiger partial charge is 0.476 e. The van der Waals surface area contributed by atoms with Gasteiger partial charge in [-0.1, -0.05) is 13.8 Å². The molecule has 1 atom stereocenters. The van der Waals surface area contributed by atoms with Gasteiger partial charge in [-0.15, -0.1) is 0 Å². The first-order valence-corrected chi connectivity index (χ1v) is 11.1. The van der Waals surface area contributed by atoms with Gasteiger partial charge in [-0.25, -0.2) is 14.6 Å². The van der Waals surface area contributed by atoms with Gasteiger partial charge in [0, 0.05) is 24.8 Å². The molecule has 9 heteroatoms. The number of carboxylic acids is 1. The number of hydrogen-bond acceptors (Lipinski definition) is 7. The zero-order valence-corrected chi connectivity index (χ0v) is 20.1. The highest BCUT2D eigenvalue weighted by Crippen LogP contribution is 2.39. The number of aromatic carboxylic acids is 1. The maximum Gasteiger partial charge on any atom is 0.356 e.